The summed E-state index contributed by atoms with van der Waals surface area (Å²) in [5.74, 6) is 0.0760. The second-order valence-electron chi connectivity index (χ2n) is 9.61. The number of nitrogens with two attached hydrogens (primary N) is 1. The summed E-state index contributed by atoms with van der Waals surface area (Å²) in [6.07, 6.45) is 8.16. The van der Waals surface area contributed by atoms with Gasteiger partial charge in [-0.05, 0) is 48.1 Å². The molecular formula is C29H36N6O4S2. The standard InChI is InChI=1S/C29H36N6O4S2/c1-31-25(32-26(36)19-22-11-8-12-23(17-22)20-41(2,38)39)16-15-24(30)13-6-7-14-28-34-35-29(40-28)33-27(37)18-21-9-4-3-5-10-21/h3-5,8-12,15-17,31H,6-7,13-14,18-20,30H2,1-2H3,(H,32,36)(H,33,35,37)/b24-15-,25-16+. The second kappa shape index (κ2) is 15.7. The van der Waals surface area contributed by atoms with Gasteiger partial charge in [0.1, 0.15) is 10.8 Å². The number of benzene rings is 2. The van der Waals surface area contributed by atoms with Crippen molar-refractivity contribution in [1.82, 2.24) is 20.8 Å². The first kappa shape index (κ1) is 31.5. The van der Waals surface area contributed by atoms with Gasteiger partial charge in [-0.3, -0.25) is 9.59 Å². The molecule has 10 nitrogen and oxygen atoms in total. The number of hydrogen-bond acceptors (Lipinski definition) is 9. The Balaban J connectivity index is 1.39. The van der Waals surface area contributed by atoms with Gasteiger partial charge in [-0.25, -0.2) is 8.42 Å². The largest absolute Gasteiger partial charge is 0.402 e. The van der Waals surface area contributed by atoms with Crippen LogP contribution in [0.3, 0.4) is 0 Å². The minimum absolute atomic E-state index is 0.0661. The number of rotatable bonds is 15. The smallest absolute Gasteiger partial charge is 0.230 e. The normalized spacial score (nSPS) is 12.1. The second-order valence-corrected chi connectivity index (χ2v) is 12.8. The average Bonchev–Trinajstić information content (AvgIpc) is 3.35. The van der Waals surface area contributed by atoms with Crippen LogP contribution in [-0.4, -0.2) is 43.7 Å². The molecule has 2 amide bonds. The molecule has 2 aromatic carbocycles. The predicted molar refractivity (Wildman–Crippen MR) is 162 cm³/mol. The third-order valence-corrected chi connectivity index (χ3v) is 7.58. The van der Waals surface area contributed by atoms with Crippen molar-refractivity contribution < 1.29 is 18.0 Å². The number of sulfone groups is 1. The number of carbonyl (C=O) groups is 2. The maximum atomic E-state index is 12.5. The van der Waals surface area contributed by atoms with E-state index in [9.17, 15) is 18.0 Å². The highest BCUT2D eigenvalue weighted by Crippen LogP contribution is 2.18. The number of amides is 2. The Labute approximate surface area is 245 Å². The van der Waals surface area contributed by atoms with Crippen molar-refractivity contribution in [2.75, 3.05) is 18.6 Å². The van der Waals surface area contributed by atoms with Gasteiger partial charge in [-0.2, -0.15) is 0 Å². The van der Waals surface area contributed by atoms with Crippen LogP contribution in [0.15, 0.2) is 78.3 Å². The van der Waals surface area contributed by atoms with E-state index in [-0.39, 0.29) is 30.4 Å². The third-order valence-electron chi connectivity index (χ3n) is 5.82. The molecule has 0 fully saturated rings. The van der Waals surface area contributed by atoms with Gasteiger partial charge in [0.25, 0.3) is 0 Å². The van der Waals surface area contributed by atoms with Crippen molar-refractivity contribution in [3.63, 3.8) is 0 Å². The molecule has 0 spiro atoms. The highest BCUT2D eigenvalue weighted by molar-refractivity contribution is 7.89. The summed E-state index contributed by atoms with van der Waals surface area (Å²) in [5, 5.41) is 18.1. The van der Waals surface area contributed by atoms with Crippen LogP contribution >= 0.6 is 11.3 Å². The molecular weight excluding hydrogens is 560 g/mol. The molecule has 1 heterocycles. The van der Waals surface area contributed by atoms with E-state index in [1.807, 2.05) is 30.3 Å². The number of nitrogens with one attached hydrogen (secondary N) is 3. The van der Waals surface area contributed by atoms with Crippen molar-refractivity contribution in [3.8, 4) is 0 Å². The predicted octanol–water partition coefficient (Wildman–Crippen LogP) is 3.24. The maximum Gasteiger partial charge on any atom is 0.230 e. The van der Waals surface area contributed by atoms with Crippen LogP contribution in [0.4, 0.5) is 5.13 Å². The van der Waals surface area contributed by atoms with Crippen molar-refractivity contribution in [1.29, 1.82) is 0 Å². The lowest BCUT2D eigenvalue weighted by Gasteiger charge is -2.10. The van der Waals surface area contributed by atoms with Crippen molar-refractivity contribution in [3.05, 3.63) is 100.0 Å². The zero-order chi connectivity index (χ0) is 29.7. The van der Waals surface area contributed by atoms with Crippen LogP contribution in [0, 0.1) is 0 Å². The molecule has 5 N–H and O–H groups in total. The van der Waals surface area contributed by atoms with Gasteiger partial charge in [0, 0.05) is 25.4 Å². The summed E-state index contributed by atoms with van der Waals surface area (Å²) in [7, 11) is -1.46. The summed E-state index contributed by atoms with van der Waals surface area (Å²) in [6, 6.07) is 16.5. The first-order valence-electron chi connectivity index (χ1n) is 13.2. The molecule has 0 bridgehead atoms. The van der Waals surface area contributed by atoms with E-state index >= 15 is 0 Å². The molecule has 3 rings (SSSR count). The van der Waals surface area contributed by atoms with Crippen molar-refractivity contribution in [2.24, 2.45) is 5.73 Å². The number of unbranched alkanes of at least 4 members (excludes halogenated alkanes) is 1. The minimum atomic E-state index is -3.15. The maximum absolute atomic E-state index is 12.5. The Hall–Kier alpha value is -4.03. The molecule has 0 aliphatic rings. The number of hydrogen-bond donors (Lipinski definition) is 4. The van der Waals surface area contributed by atoms with E-state index in [2.05, 4.69) is 26.1 Å². The summed E-state index contributed by atoms with van der Waals surface area (Å²) < 4.78 is 23.1. The number of allylic oxidation sites excluding steroid dienone is 3. The quantitative estimate of drug-likeness (QED) is 0.154. The Morgan fingerprint density at radius 1 is 0.927 bits per heavy atom. The zero-order valence-electron chi connectivity index (χ0n) is 23.2. The molecule has 0 unspecified atom stereocenters. The molecule has 3 aromatic rings. The van der Waals surface area contributed by atoms with Crippen LogP contribution in [0.25, 0.3) is 0 Å². The van der Waals surface area contributed by atoms with E-state index in [1.165, 1.54) is 17.6 Å². The highest BCUT2D eigenvalue weighted by atomic mass is 32.2. The van der Waals surface area contributed by atoms with E-state index in [1.54, 1.807) is 43.5 Å². The monoisotopic (exact) mass is 596 g/mol. The van der Waals surface area contributed by atoms with E-state index < -0.39 is 9.84 Å². The molecule has 41 heavy (non-hydrogen) atoms. The summed E-state index contributed by atoms with van der Waals surface area (Å²) in [5.41, 5.74) is 9.14. The molecule has 12 heteroatoms. The van der Waals surface area contributed by atoms with Crippen LogP contribution in [-0.2, 0) is 44.4 Å². The highest BCUT2D eigenvalue weighted by Gasteiger charge is 2.10. The van der Waals surface area contributed by atoms with Crippen LogP contribution in [0.5, 0.6) is 0 Å². The zero-order valence-corrected chi connectivity index (χ0v) is 24.9. The summed E-state index contributed by atoms with van der Waals surface area (Å²) in [6.45, 7) is 0. The Morgan fingerprint density at radius 2 is 1.63 bits per heavy atom. The van der Waals surface area contributed by atoms with E-state index in [0.29, 0.717) is 28.6 Å². The van der Waals surface area contributed by atoms with Crippen LogP contribution < -0.4 is 21.7 Å². The first-order chi connectivity index (χ1) is 19.6. The molecule has 218 valence electrons. The van der Waals surface area contributed by atoms with Gasteiger partial charge in [0.2, 0.25) is 16.9 Å². The van der Waals surface area contributed by atoms with Crippen LogP contribution in [0.2, 0.25) is 0 Å². The number of anilines is 1. The van der Waals surface area contributed by atoms with Gasteiger partial charge in [-0.15, -0.1) is 10.2 Å². The third kappa shape index (κ3) is 12.4. The van der Waals surface area contributed by atoms with Gasteiger partial charge in [0.15, 0.2) is 9.84 Å². The van der Waals surface area contributed by atoms with Gasteiger partial charge >= 0.3 is 0 Å². The van der Waals surface area contributed by atoms with Crippen molar-refractivity contribution >= 4 is 38.1 Å². The number of aromatic nitrogens is 2. The lowest BCUT2D eigenvalue weighted by Crippen LogP contribution is -2.30. The summed E-state index contributed by atoms with van der Waals surface area (Å²) in [4.78, 5) is 24.7. The molecule has 0 aliphatic heterocycles. The molecule has 0 atom stereocenters. The topological polar surface area (TPSA) is 156 Å². The Kier molecular flexibility index (Phi) is 12.0. The molecule has 0 saturated carbocycles. The molecule has 0 radical (unpaired) electrons. The van der Waals surface area contributed by atoms with E-state index in [4.69, 9.17) is 5.73 Å². The SMILES string of the molecule is CN/C(=C\C=C(/N)CCCCc1nnc(NC(=O)Cc2ccccc2)s1)NC(=O)Cc1cccc(CS(C)(=O)=O)c1. The van der Waals surface area contributed by atoms with Gasteiger partial charge in [0.05, 0.1) is 18.6 Å². The fourth-order valence-electron chi connectivity index (χ4n) is 3.93. The lowest BCUT2D eigenvalue weighted by molar-refractivity contribution is -0.120. The van der Waals surface area contributed by atoms with Crippen molar-refractivity contribution in [2.45, 2.75) is 44.3 Å². The van der Waals surface area contributed by atoms with Crippen LogP contribution in [0.1, 0.15) is 41.0 Å². The fourth-order valence-corrected chi connectivity index (χ4v) is 5.51. The molecule has 1 aromatic heterocycles. The number of nitrogens with zero attached hydrogens (tertiary/aromatic N) is 2. The van der Waals surface area contributed by atoms with Gasteiger partial charge in [-0.1, -0.05) is 65.9 Å². The first-order valence-corrected chi connectivity index (χ1v) is 16.0. The lowest BCUT2D eigenvalue weighted by atomic mass is 10.1. The Morgan fingerprint density at radius 3 is 2.37 bits per heavy atom. The van der Waals surface area contributed by atoms with Gasteiger partial charge < -0.3 is 21.7 Å². The Bertz CT molecular complexity index is 1480. The number of carbonyl (C=O) groups excluding carboxylic acids is 2. The molecule has 0 saturated heterocycles. The fraction of sp³-hybridized carbons (Fsp3) is 0.310. The minimum Gasteiger partial charge on any atom is -0.402 e. The number of aryl methyl sites for hydroxylation is 1. The van der Waals surface area contributed by atoms with E-state index in [0.717, 1.165) is 35.4 Å². The summed E-state index contributed by atoms with van der Waals surface area (Å²) >= 11 is 1.37. The molecule has 0 aliphatic carbocycles. The average molecular weight is 597 g/mol.